The standard InChI is InChI=1S/C26H25NO6/c1-14-11-19-20(12-15(14)2)33-24-21(23(19)28)22(16-6-8-17(9-7-16)26(30)31-3)27(25(24)29)13-18-5-4-10-32-18/h6-9,11-12,18,22H,4-5,10,13H2,1-3H3. The molecule has 2 atom stereocenters. The Hall–Kier alpha value is -3.45. The first-order valence-corrected chi connectivity index (χ1v) is 11.1. The van der Waals surface area contributed by atoms with Crippen LogP contribution >= 0.6 is 0 Å². The van der Waals surface area contributed by atoms with Gasteiger partial charge in [0.05, 0.1) is 35.8 Å². The Kier molecular flexibility index (Phi) is 5.29. The molecule has 0 N–H and O–H groups in total. The van der Waals surface area contributed by atoms with Crippen LogP contribution in [0.2, 0.25) is 0 Å². The van der Waals surface area contributed by atoms with Crippen LogP contribution in [-0.2, 0) is 9.47 Å². The minimum absolute atomic E-state index is 0.0794. The first kappa shape index (κ1) is 21.4. The zero-order valence-electron chi connectivity index (χ0n) is 18.8. The third-order valence-corrected chi connectivity index (χ3v) is 6.65. The third kappa shape index (κ3) is 3.53. The summed E-state index contributed by atoms with van der Waals surface area (Å²) in [6.45, 7) is 4.91. The number of carbonyl (C=O) groups is 2. The van der Waals surface area contributed by atoms with E-state index in [9.17, 15) is 14.4 Å². The summed E-state index contributed by atoms with van der Waals surface area (Å²) in [4.78, 5) is 40.7. The van der Waals surface area contributed by atoms with E-state index >= 15 is 0 Å². The molecule has 2 aliphatic rings. The highest BCUT2D eigenvalue weighted by Crippen LogP contribution is 2.39. The van der Waals surface area contributed by atoms with E-state index in [2.05, 4.69) is 0 Å². The van der Waals surface area contributed by atoms with E-state index in [0.29, 0.717) is 35.2 Å². The van der Waals surface area contributed by atoms with E-state index in [1.54, 1.807) is 29.2 Å². The normalized spacial score (nSPS) is 19.8. The summed E-state index contributed by atoms with van der Waals surface area (Å²) in [6.07, 6.45) is 1.71. The molecule has 0 saturated carbocycles. The first-order chi connectivity index (χ1) is 15.9. The smallest absolute Gasteiger partial charge is 0.337 e. The van der Waals surface area contributed by atoms with Crippen molar-refractivity contribution in [2.24, 2.45) is 0 Å². The maximum Gasteiger partial charge on any atom is 0.337 e. The van der Waals surface area contributed by atoms with E-state index in [-0.39, 0.29) is 23.2 Å². The lowest BCUT2D eigenvalue weighted by Gasteiger charge is -2.27. The summed E-state index contributed by atoms with van der Waals surface area (Å²) in [5, 5.41) is 0.458. The molecule has 0 bridgehead atoms. The molecule has 3 heterocycles. The van der Waals surface area contributed by atoms with Gasteiger partial charge in [0.2, 0.25) is 5.76 Å². The second-order valence-corrected chi connectivity index (χ2v) is 8.72. The van der Waals surface area contributed by atoms with Gasteiger partial charge in [-0.25, -0.2) is 4.79 Å². The Morgan fingerprint density at radius 3 is 2.52 bits per heavy atom. The van der Waals surface area contributed by atoms with Gasteiger partial charge in [0.25, 0.3) is 5.91 Å². The van der Waals surface area contributed by atoms with Gasteiger partial charge in [0, 0.05) is 13.2 Å². The molecule has 2 unspecified atom stereocenters. The number of methoxy groups -OCH3 is 1. The van der Waals surface area contributed by atoms with Gasteiger partial charge >= 0.3 is 5.97 Å². The molecule has 0 radical (unpaired) electrons. The molecule has 7 heteroatoms. The molecular formula is C26H25NO6. The molecule has 1 fully saturated rings. The quantitative estimate of drug-likeness (QED) is 0.564. The van der Waals surface area contributed by atoms with Crippen molar-refractivity contribution in [3.63, 3.8) is 0 Å². The van der Waals surface area contributed by atoms with E-state index < -0.39 is 12.0 Å². The van der Waals surface area contributed by atoms with Crippen LogP contribution in [0.4, 0.5) is 0 Å². The molecule has 1 aromatic heterocycles. The van der Waals surface area contributed by atoms with Crippen molar-refractivity contribution < 1.29 is 23.5 Å². The number of rotatable bonds is 4. The molecule has 2 aliphatic heterocycles. The van der Waals surface area contributed by atoms with Gasteiger partial charge in [-0.3, -0.25) is 9.59 Å². The summed E-state index contributed by atoms with van der Waals surface area (Å²) in [7, 11) is 1.32. The Bertz CT molecular complexity index is 1320. The number of ether oxygens (including phenoxy) is 2. The topological polar surface area (TPSA) is 86.0 Å². The first-order valence-electron chi connectivity index (χ1n) is 11.1. The van der Waals surface area contributed by atoms with Crippen molar-refractivity contribution in [2.45, 2.75) is 38.8 Å². The van der Waals surface area contributed by atoms with Crippen LogP contribution in [0.15, 0.2) is 45.6 Å². The van der Waals surface area contributed by atoms with Gasteiger partial charge in [0.15, 0.2) is 5.43 Å². The highest BCUT2D eigenvalue weighted by molar-refractivity contribution is 5.99. The second-order valence-electron chi connectivity index (χ2n) is 8.72. The van der Waals surface area contributed by atoms with E-state index in [4.69, 9.17) is 13.9 Å². The van der Waals surface area contributed by atoms with Gasteiger partial charge in [-0.2, -0.15) is 0 Å². The molecule has 3 aromatic rings. The van der Waals surface area contributed by atoms with E-state index in [1.807, 2.05) is 26.0 Å². The van der Waals surface area contributed by atoms with Crippen LogP contribution in [0.5, 0.6) is 0 Å². The number of hydrogen-bond donors (Lipinski definition) is 0. The minimum atomic E-state index is -0.620. The number of amides is 1. The zero-order chi connectivity index (χ0) is 23.3. The van der Waals surface area contributed by atoms with Crippen molar-refractivity contribution in [2.75, 3.05) is 20.3 Å². The average Bonchev–Trinajstić information content (AvgIpc) is 3.42. The molecule has 7 nitrogen and oxygen atoms in total. The van der Waals surface area contributed by atoms with Gasteiger partial charge < -0.3 is 18.8 Å². The number of fused-ring (bicyclic) bond motifs is 2. The summed E-state index contributed by atoms with van der Waals surface area (Å²) in [5.41, 5.74) is 3.63. The highest BCUT2D eigenvalue weighted by Gasteiger charge is 2.44. The predicted molar refractivity (Wildman–Crippen MR) is 122 cm³/mol. The maximum atomic E-state index is 13.7. The molecule has 0 spiro atoms. The van der Waals surface area contributed by atoms with Gasteiger partial charge in [-0.05, 0) is 67.6 Å². The second kappa shape index (κ2) is 8.15. The summed E-state index contributed by atoms with van der Waals surface area (Å²) in [6, 6.07) is 9.81. The van der Waals surface area contributed by atoms with Crippen LogP contribution in [0.1, 0.15) is 62.1 Å². The SMILES string of the molecule is COC(=O)c1ccc(C2c3c(oc4cc(C)c(C)cc4c3=O)C(=O)N2CC2CCCO2)cc1. The zero-order valence-corrected chi connectivity index (χ0v) is 18.8. The van der Waals surface area contributed by atoms with Gasteiger partial charge in [-0.1, -0.05) is 12.1 Å². The number of aryl methyl sites for hydroxylation is 2. The molecule has 170 valence electrons. The molecular weight excluding hydrogens is 422 g/mol. The summed E-state index contributed by atoms with van der Waals surface area (Å²) < 4.78 is 16.6. The van der Waals surface area contributed by atoms with Crippen LogP contribution < -0.4 is 5.43 Å². The number of benzene rings is 2. The Labute approximate surface area is 190 Å². The van der Waals surface area contributed by atoms with Crippen molar-refractivity contribution in [1.29, 1.82) is 0 Å². The van der Waals surface area contributed by atoms with E-state index in [0.717, 1.165) is 29.5 Å². The van der Waals surface area contributed by atoms with E-state index in [1.165, 1.54) is 7.11 Å². The minimum Gasteiger partial charge on any atom is -0.465 e. The van der Waals surface area contributed by atoms with Crippen LogP contribution in [0, 0.1) is 13.8 Å². The van der Waals surface area contributed by atoms with Crippen molar-refractivity contribution in [3.05, 3.63) is 80.2 Å². The molecule has 2 aromatic carbocycles. The molecule has 1 saturated heterocycles. The molecule has 0 aliphatic carbocycles. The lowest BCUT2D eigenvalue weighted by Crippen LogP contribution is -2.36. The van der Waals surface area contributed by atoms with Crippen LogP contribution in [-0.4, -0.2) is 43.1 Å². The summed E-state index contributed by atoms with van der Waals surface area (Å²) in [5.74, 6) is -0.687. The maximum absolute atomic E-state index is 13.7. The Morgan fingerprint density at radius 1 is 1.12 bits per heavy atom. The number of hydrogen-bond acceptors (Lipinski definition) is 6. The van der Waals surface area contributed by atoms with Crippen molar-refractivity contribution in [3.8, 4) is 0 Å². The summed E-state index contributed by atoms with van der Waals surface area (Å²) >= 11 is 0. The fourth-order valence-electron chi connectivity index (χ4n) is 4.74. The number of nitrogens with zero attached hydrogens (tertiary/aromatic N) is 1. The lowest BCUT2D eigenvalue weighted by atomic mass is 9.96. The Morgan fingerprint density at radius 2 is 1.85 bits per heavy atom. The lowest BCUT2D eigenvalue weighted by molar-refractivity contribution is 0.0486. The molecule has 1 amide bonds. The molecule has 5 rings (SSSR count). The average molecular weight is 447 g/mol. The van der Waals surface area contributed by atoms with Gasteiger partial charge in [0.1, 0.15) is 5.58 Å². The fourth-order valence-corrected chi connectivity index (χ4v) is 4.74. The predicted octanol–water partition coefficient (Wildman–Crippen LogP) is 3.92. The monoisotopic (exact) mass is 447 g/mol. The Balaban J connectivity index is 1.68. The van der Waals surface area contributed by atoms with Crippen molar-refractivity contribution >= 4 is 22.8 Å². The largest absolute Gasteiger partial charge is 0.465 e. The van der Waals surface area contributed by atoms with Crippen LogP contribution in [0.3, 0.4) is 0 Å². The fraction of sp³-hybridized carbons (Fsp3) is 0.346. The molecule has 33 heavy (non-hydrogen) atoms. The number of esters is 1. The van der Waals surface area contributed by atoms with Gasteiger partial charge in [-0.15, -0.1) is 0 Å². The highest BCUT2D eigenvalue weighted by atomic mass is 16.5. The number of carbonyl (C=O) groups excluding carboxylic acids is 2. The van der Waals surface area contributed by atoms with Crippen LogP contribution in [0.25, 0.3) is 11.0 Å². The van der Waals surface area contributed by atoms with Crippen molar-refractivity contribution in [1.82, 2.24) is 4.90 Å². The third-order valence-electron chi connectivity index (χ3n) is 6.65.